The number of carbonyl (C=O) groups is 2. The molecule has 1 atom stereocenters. The van der Waals surface area contributed by atoms with Crippen molar-refractivity contribution in [2.45, 2.75) is 17.4 Å². The van der Waals surface area contributed by atoms with Crippen LogP contribution < -0.4 is 20.1 Å². The smallest absolute Gasteiger partial charge is 0.264 e. The highest BCUT2D eigenvalue weighted by Crippen LogP contribution is 2.26. The number of ether oxygens (including phenoxy) is 1. The van der Waals surface area contributed by atoms with E-state index >= 15 is 0 Å². The number of nitrogens with two attached hydrogens (primary N) is 1. The summed E-state index contributed by atoms with van der Waals surface area (Å²) in [5.41, 5.74) is 6.20. The molecule has 12 heteroatoms. The quantitative estimate of drug-likeness (QED) is 0.398. The molecule has 0 bridgehead atoms. The summed E-state index contributed by atoms with van der Waals surface area (Å²) < 4.78 is 46.1. The molecule has 3 aromatic rings. The minimum atomic E-state index is -4.29. The van der Waals surface area contributed by atoms with Crippen molar-refractivity contribution in [2.75, 3.05) is 18.0 Å². The fourth-order valence-electron chi connectivity index (χ4n) is 3.29. The van der Waals surface area contributed by atoms with Crippen molar-refractivity contribution >= 4 is 50.7 Å². The number of nitrogens with one attached hydrogen (secondary N) is 1. The Hall–Kier alpha value is -3.34. The van der Waals surface area contributed by atoms with Gasteiger partial charge in [0.1, 0.15) is 24.2 Å². The molecule has 2 amide bonds. The van der Waals surface area contributed by atoms with Crippen molar-refractivity contribution in [2.24, 2.45) is 5.73 Å². The van der Waals surface area contributed by atoms with Crippen LogP contribution in [-0.4, -0.2) is 39.9 Å². The predicted molar refractivity (Wildman–Crippen MR) is 135 cm³/mol. The van der Waals surface area contributed by atoms with Gasteiger partial charge in [0.2, 0.25) is 11.8 Å². The van der Waals surface area contributed by atoms with E-state index in [1.54, 1.807) is 12.1 Å². The van der Waals surface area contributed by atoms with Crippen LogP contribution in [0, 0.1) is 5.82 Å². The average molecular weight is 554 g/mol. The fraction of sp³-hybridized carbons (Fsp3) is 0.167. The van der Waals surface area contributed by atoms with E-state index in [0.29, 0.717) is 16.3 Å². The lowest BCUT2D eigenvalue weighted by Gasteiger charge is -2.25. The van der Waals surface area contributed by atoms with E-state index in [9.17, 15) is 22.4 Å². The third-order valence-corrected chi connectivity index (χ3v) is 7.68. The lowest BCUT2D eigenvalue weighted by molar-refractivity contribution is -0.126. The van der Waals surface area contributed by atoms with Gasteiger partial charge in [-0.05, 0) is 66.2 Å². The van der Waals surface area contributed by atoms with Gasteiger partial charge in [0, 0.05) is 6.42 Å². The first-order valence-electron chi connectivity index (χ1n) is 10.5. The summed E-state index contributed by atoms with van der Waals surface area (Å²) in [7, 11) is -2.84. The number of hydrogen-bond acceptors (Lipinski definition) is 5. The van der Waals surface area contributed by atoms with Gasteiger partial charge in [0.05, 0.1) is 27.7 Å². The first-order valence-corrected chi connectivity index (χ1v) is 12.7. The van der Waals surface area contributed by atoms with Crippen molar-refractivity contribution in [1.82, 2.24) is 5.32 Å². The van der Waals surface area contributed by atoms with Crippen molar-refractivity contribution in [3.05, 3.63) is 88.2 Å². The van der Waals surface area contributed by atoms with Crippen LogP contribution in [-0.2, 0) is 26.0 Å². The summed E-state index contributed by atoms with van der Waals surface area (Å²) in [5, 5.41) is 3.06. The minimum Gasteiger partial charge on any atom is -0.497 e. The largest absolute Gasteiger partial charge is 0.497 e. The van der Waals surface area contributed by atoms with Crippen LogP contribution in [0.25, 0.3) is 0 Å². The molecule has 0 heterocycles. The SMILES string of the molecule is COc1ccc(N(CC(=O)NC(Cc2ccc(Cl)c(Cl)c2)C(N)=O)S(=O)(=O)c2ccc(F)cc2)cc1. The lowest BCUT2D eigenvalue weighted by atomic mass is 10.1. The number of sulfonamides is 1. The van der Waals surface area contributed by atoms with Gasteiger partial charge in [-0.15, -0.1) is 0 Å². The molecule has 0 radical (unpaired) electrons. The third-order valence-electron chi connectivity index (χ3n) is 5.15. The highest BCUT2D eigenvalue weighted by Gasteiger charge is 2.29. The van der Waals surface area contributed by atoms with Gasteiger partial charge in [-0.25, -0.2) is 12.8 Å². The third kappa shape index (κ3) is 6.66. The van der Waals surface area contributed by atoms with Crippen LogP contribution in [0.5, 0.6) is 5.75 Å². The van der Waals surface area contributed by atoms with Crippen molar-refractivity contribution in [1.29, 1.82) is 0 Å². The Kier molecular flexibility index (Phi) is 8.78. The number of halogens is 3. The highest BCUT2D eigenvalue weighted by molar-refractivity contribution is 7.92. The molecule has 8 nitrogen and oxygen atoms in total. The summed E-state index contributed by atoms with van der Waals surface area (Å²) in [4.78, 5) is 24.8. The van der Waals surface area contributed by atoms with E-state index in [1.807, 2.05) is 0 Å². The molecule has 0 saturated heterocycles. The van der Waals surface area contributed by atoms with Crippen LogP contribution in [0.4, 0.5) is 10.1 Å². The van der Waals surface area contributed by atoms with Crippen molar-refractivity contribution in [3.8, 4) is 5.75 Å². The molecule has 1 unspecified atom stereocenters. The van der Waals surface area contributed by atoms with E-state index in [1.165, 1.54) is 37.4 Å². The zero-order chi connectivity index (χ0) is 26.5. The summed E-state index contributed by atoms with van der Waals surface area (Å²) in [6.45, 7) is -0.683. The topological polar surface area (TPSA) is 119 Å². The van der Waals surface area contributed by atoms with Crippen LogP contribution >= 0.6 is 23.2 Å². The molecule has 0 saturated carbocycles. The zero-order valence-electron chi connectivity index (χ0n) is 19.0. The number of rotatable bonds is 10. The van der Waals surface area contributed by atoms with Crippen molar-refractivity contribution < 1.29 is 27.1 Å². The van der Waals surface area contributed by atoms with Gasteiger partial charge in [-0.2, -0.15) is 0 Å². The Morgan fingerprint density at radius 1 is 1.03 bits per heavy atom. The summed E-state index contributed by atoms with van der Waals surface area (Å²) >= 11 is 11.9. The van der Waals surface area contributed by atoms with Crippen LogP contribution in [0.2, 0.25) is 10.0 Å². The maximum atomic E-state index is 13.4. The molecule has 0 aliphatic rings. The van der Waals surface area contributed by atoms with Crippen LogP contribution in [0.15, 0.2) is 71.6 Å². The van der Waals surface area contributed by atoms with Gasteiger partial charge in [-0.1, -0.05) is 29.3 Å². The minimum absolute atomic E-state index is 0.00517. The van der Waals surface area contributed by atoms with E-state index in [4.69, 9.17) is 33.7 Å². The van der Waals surface area contributed by atoms with E-state index in [2.05, 4.69) is 5.32 Å². The fourth-order valence-corrected chi connectivity index (χ4v) is 5.03. The van der Waals surface area contributed by atoms with E-state index < -0.39 is 40.2 Å². The van der Waals surface area contributed by atoms with E-state index in [-0.39, 0.29) is 22.0 Å². The van der Waals surface area contributed by atoms with Gasteiger partial charge in [0.15, 0.2) is 0 Å². The number of methoxy groups -OCH3 is 1. The lowest BCUT2D eigenvalue weighted by Crippen LogP contribution is -2.50. The molecular weight excluding hydrogens is 532 g/mol. The number of anilines is 1. The molecule has 3 N–H and O–H groups in total. The molecular formula is C24H22Cl2FN3O5S. The van der Waals surface area contributed by atoms with Crippen LogP contribution in [0.1, 0.15) is 5.56 Å². The second-order valence-electron chi connectivity index (χ2n) is 7.64. The number of benzene rings is 3. The predicted octanol–water partition coefficient (Wildman–Crippen LogP) is 3.55. The summed E-state index contributed by atoms with van der Waals surface area (Å²) in [5.74, 6) is -1.76. The molecule has 0 aliphatic heterocycles. The monoisotopic (exact) mass is 553 g/mol. The standard InChI is InChI=1S/C24H22Cl2FN3O5S/c1-35-18-7-5-17(6-8-18)30(36(33,34)19-9-3-16(27)4-10-19)14-23(31)29-22(24(28)32)13-15-2-11-20(25)21(26)12-15/h2-12,22H,13-14H2,1H3,(H2,28,32)(H,29,31). The number of nitrogens with zero attached hydrogens (tertiary/aromatic N) is 1. The Labute approximate surface area is 217 Å². The van der Waals surface area contributed by atoms with Gasteiger partial charge >= 0.3 is 0 Å². The number of amides is 2. The number of primary amides is 1. The normalized spacial score (nSPS) is 12.0. The average Bonchev–Trinajstić information content (AvgIpc) is 2.84. The second-order valence-corrected chi connectivity index (χ2v) is 10.3. The molecule has 3 aromatic carbocycles. The molecule has 0 spiro atoms. The second kappa shape index (κ2) is 11.6. The first-order chi connectivity index (χ1) is 17.0. The first kappa shape index (κ1) is 27.3. The maximum Gasteiger partial charge on any atom is 0.264 e. The Morgan fingerprint density at radius 3 is 2.22 bits per heavy atom. The summed E-state index contributed by atoms with van der Waals surface area (Å²) in [6, 6.07) is 13.7. The number of carbonyl (C=O) groups excluding carboxylic acids is 2. The molecule has 0 fully saturated rings. The molecule has 36 heavy (non-hydrogen) atoms. The Bertz CT molecular complexity index is 1350. The van der Waals surface area contributed by atoms with Gasteiger partial charge in [0.25, 0.3) is 10.0 Å². The van der Waals surface area contributed by atoms with Crippen LogP contribution in [0.3, 0.4) is 0 Å². The molecule has 0 aliphatic carbocycles. The molecule has 3 rings (SSSR count). The zero-order valence-corrected chi connectivity index (χ0v) is 21.3. The van der Waals surface area contributed by atoms with Gasteiger partial charge < -0.3 is 15.8 Å². The maximum absolute atomic E-state index is 13.4. The molecule has 0 aromatic heterocycles. The highest BCUT2D eigenvalue weighted by atomic mass is 35.5. The summed E-state index contributed by atoms with van der Waals surface area (Å²) in [6.07, 6.45) is 0.00517. The van der Waals surface area contributed by atoms with E-state index in [0.717, 1.165) is 28.6 Å². The Morgan fingerprint density at radius 2 is 1.67 bits per heavy atom. The Balaban J connectivity index is 1.88. The number of hydrogen-bond donors (Lipinski definition) is 2. The van der Waals surface area contributed by atoms with Gasteiger partial charge in [-0.3, -0.25) is 13.9 Å². The molecule has 190 valence electrons. The van der Waals surface area contributed by atoms with Crippen molar-refractivity contribution in [3.63, 3.8) is 0 Å².